The van der Waals surface area contributed by atoms with Gasteiger partial charge in [-0.05, 0) is 43.9 Å². The number of aliphatic hydroxyl groups is 1. The standard InChI is InChI=1S/C23H30ClN5O5S/c1-22(12-25,14-30)35(33,34)23(8-9-23)13-29-10-7-17-18(27-28(2)19(17)21(29)32)20(31)26-11-15-3-5-16(24)6-4-15/h3-6,30H,7-14,25H2,1-2H3,(H,26,31)/t22-/m0/s1. The van der Waals surface area contributed by atoms with E-state index in [1.165, 1.54) is 16.5 Å². The third-order valence-electron chi connectivity index (χ3n) is 7.12. The van der Waals surface area contributed by atoms with E-state index in [-0.39, 0.29) is 49.4 Å². The van der Waals surface area contributed by atoms with Gasteiger partial charge in [0.25, 0.3) is 11.8 Å². The van der Waals surface area contributed by atoms with E-state index < -0.39 is 25.9 Å². The summed E-state index contributed by atoms with van der Waals surface area (Å²) < 4.78 is 25.5. The van der Waals surface area contributed by atoms with Crippen molar-refractivity contribution in [2.24, 2.45) is 12.8 Å². The Hall–Kier alpha value is -2.47. The summed E-state index contributed by atoms with van der Waals surface area (Å²) in [6.45, 7) is 1.22. The van der Waals surface area contributed by atoms with E-state index in [0.717, 1.165) is 5.56 Å². The molecule has 1 aromatic heterocycles. The lowest BCUT2D eigenvalue weighted by Gasteiger charge is -2.35. The summed E-state index contributed by atoms with van der Waals surface area (Å²) in [5.74, 6) is -0.751. The van der Waals surface area contributed by atoms with Gasteiger partial charge in [0.1, 0.15) is 10.4 Å². The average molecular weight is 524 g/mol. The molecule has 190 valence electrons. The van der Waals surface area contributed by atoms with Gasteiger partial charge < -0.3 is 21.1 Å². The molecule has 0 saturated heterocycles. The molecule has 0 radical (unpaired) electrons. The summed E-state index contributed by atoms with van der Waals surface area (Å²) in [6, 6.07) is 7.10. The van der Waals surface area contributed by atoms with Gasteiger partial charge in [-0.15, -0.1) is 0 Å². The van der Waals surface area contributed by atoms with Crippen LogP contribution in [0.4, 0.5) is 0 Å². The molecule has 0 unspecified atom stereocenters. The van der Waals surface area contributed by atoms with Gasteiger partial charge in [-0.25, -0.2) is 8.42 Å². The largest absolute Gasteiger partial charge is 0.395 e. The van der Waals surface area contributed by atoms with Gasteiger partial charge >= 0.3 is 0 Å². The van der Waals surface area contributed by atoms with Gasteiger partial charge in [-0.3, -0.25) is 14.3 Å². The predicted molar refractivity (Wildman–Crippen MR) is 131 cm³/mol. The maximum absolute atomic E-state index is 13.4. The quantitative estimate of drug-likeness (QED) is 0.437. The first-order valence-electron chi connectivity index (χ1n) is 11.4. The highest BCUT2D eigenvalue weighted by molar-refractivity contribution is 7.94. The molecular weight excluding hydrogens is 494 g/mol. The molecular formula is C23H30ClN5O5S. The van der Waals surface area contributed by atoms with E-state index in [9.17, 15) is 23.1 Å². The van der Waals surface area contributed by atoms with Crippen molar-refractivity contribution in [3.63, 3.8) is 0 Å². The number of carbonyl (C=O) groups is 2. The van der Waals surface area contributed by atoms with Crippen LogP contribution >= 0.6 is 11.6 Å². The summed E-state index contributed by atoms with van der Waals surface area (Å²) in [7, 11) is -2.21. The van der Waals surface area contributed by atoms with Crippen molar-refractivity contribution in [2.45, 2.75) is 42.2 Å². The average Bonchev–Trinajstić information content (AvgIpc) is 3.56. The van der Waals surface area contributed by atoms with Gasteiger partial charge in [0, 0.05) is 43.8 Å². The normalized spacial score (nSPS) is 18.7. The van der Waals surface area contributed by atoms with Crippen molar-refractivity contribution in [1.82, 2.24) is 20.0 Å². The van der Waals surface area contributed by atoms with E-state index in [1.54, 1.807) is 19.2 Å². The van der Waals surface area contributed by atoms with Crippen LogP contribution < -0.4 is 11.1 Å². The summed E-state index contributed by atoms with van der Waals surface area (Å²) >= 11 is 5.90. The van der Waals surface area contributed by atoms with E-state index in [0.29, 0.717) is 29.8 Å². The molecule has 1 fully saturated rings. The maximum Gasteiger partial charge on any atom is 0.272 e. The van der Waals surface area contributed by atoms with Gasteiger partial charge in [0.15, 0.2) is 15.5 Å². The van der Waals surface area contributed by atoms with Gasteiger partial charge in [-0.2, -0.15) is 5.10 Å². The summed E-state index contributed by atoms with van der Waals surface area (Å²) in [5.41, 5.74) is 7.59. The lowest BCUT2D eigenvalue weighted by Crippen LogP contribution is -2.55. The first-order chi connectivity index (χ1) is 16.5. The van der Waals surface area contributed by atoms with Crippen LogP contribution in [0.25, 0.3) is 0 Å². The van der Waals surface area contributed by atoms with E-state index >= 15 is 0 Å². The number of amides is 2. The molecule has 1 aliphatic carbocycles. The van der Waals surface area contributed by atoms with Crippen LogP contribution in [0.1, 0.15) is 51.9 Å². The second-order valence-corrected chi connectivity index (χ2v) is 12.9. The molecule has 4 rings (SSSR count). The highest BCUT2D eigenvalue weighted by atomic mass is 35.5. The van der Waals surface area contributed by atoms with Gasteiger partial charge in [0.05, 0.1) is 11.4 Å². The Morgan fingerprint density at radius 2 is 1.97 bits per heavy atom. The van der Waals surface area contributed by atoms with Crippen molar-refractivity contribution in [3.05, 3.63) is 51.8 Å². The molecule has 35 heavy (non-hydrogen) atoms. The smallest absolute Gasteiger partial charge is 0.272 e. The maximum atomic E-state index is 13.4. The van der Waals surface area contributed by atoms with Crippen molar-refractivity contribution < 1.29 is 23.1 Å². The Balaban J connectivity index is 1.51. The van der Waals surface area contributed by atoms with Crippen molar-refractivity contribution >= 4 is 33.3 Å². The first kappa shape index (κ1) is 25.6. The number of nitrogens with one attached hydrogen (secondary N) is 1. The zero-order chi connectivity index (χ0) is 25.6. The molecule has 1 saturated carbocycles. The number of nitrogens with zero attached hydrogens (tertiary/aromatic N) is 3. The molecule has 10 nitrogen and oxygen atoms in total. The predicted octanol–water partition coefficient (Wildman–Crippen LogP) is 0.659. The molecule has 4 N–H and O–H groups in total. The minimum atomic E-state index is -3.81. The van der Waals surface area contributed by atoms with Crippen LogP contribution in [-0.4, -0.2) is 75.8 Å². The zero-order valence-electron chi connectivity index (χ0n) is 19.8. The lowest BCUT2D eigenvalue weighted by molar-refractivity contribution is 0.0724. The Morgan fingerprint density at radius 1 is 1.31 bits per heavy atom. The molecule has 2 amide bonds. The van der Waals surface area contributed by atoms with Crippen LogP contribution in [-0.2, 0) is 29.9 Å². The molecule has 0 bridgehead atoms. The molecule has 1 aliphatic heterocycles. The van der Waals surface area contributed by atoms with Crippen molar-refractivity contribution in [3.8, 4) is 0 Å². The molecule has 1 aromatic carbocycles. The Labute approximate surface area is 209 Å². The number of sulfone groups is 1. The monoisotopic (exact) mass is 523 g/mol. The molecule has 1 atom stereocenters. The summed E-state index contributed by atoms with van der Waals surface area (Å²) in [4.78, 5) is 27.7. The minimum absolute atomic E-state index is 0.0203. The van der Waals surface area contributed by atoms with Crippen molar-refractivity contribution in [2.75, 3.05) is 26.2 Å². The number of hydrogen-bond acceptors (Lipinski definition) is 7. The Morgan fingerprint density at radius 3 is 2.54 bits per heavy atom. The third-order valence-corrected chi connectivity index (χ3v) is 10.6. The summed E-state index contributed by atoms with van der Waals surface area (Å²) in [6.07, 6.45) is 1.19. The number of nitrogens with two attached hydrogens (primary N) is 1. The fraction of sp³-hybridized carbons (Fsp3) is 0.522. The van der Waals surface area contributed by atoms with Gasteiger partial charge in [-0.1, -0.05) is 23.7 Å². The van der Waals surface area contributed by atoms with Crippen LogP contribution in [0.3, 0.4) is 0 Å². The number of halogens is 1. The Kier molecular flexibility index (Phi) is 6.73. The SMILES string of the molecule is Cn1nc(C(=O)NCc2ccc(Cl)cc2)c2c1C(=O)N(CC1(S(=O)(=O)[C@@](C)(CN)CO)CC1)CC2. The number of aryl methyl sites for hydroxylation is 1. The number of fused-ring (bicyclic) bond motifs is 1. The van der Waals surface area contributed by atoms with Crippen LogP contribution in [0.5, 0.6) is 0 Å². The first-order valence-corrected chi connectivity index (χ1v) is 13.3. The third kappa shape index (κ3) is 4.35. The van der Waals surface area contributed by atoms with Crippen LogP contribution in [0.15, 0.2) is 24.3 Å². The molecule has 2 heterocycles. The highest BCUT2D eigenvalue weighted by Gasteiger charge is 2.61. The van der Waals surface area contributed by atoms with E-state index in [1.807, 2.05) is 12.1 Å². The summed E-state index contributed by atoms with van der Waals surface area (Å²) in [5, 5.41) is 17.5. The topological polar surface area (TPSA) is 148 Å². The van der Waals surface area contributed by atoms with E-state index in [2.05, 4.69) is 10.4 Å². The number of rotatable bonds is 9. The second kappa shape index (κ2) is 9.20. The molecule has 12 heteroatoms. The highest BCUT2D eigenvalue weighted by Crippen LogP contribution is 2.49. The lowest BCUT2D eigenvalue weighted by atomic mass is 10.0. The fourth-order valence-electron chi connectivity index (χ4n) is 4.55. The molecule has 2 aliphatic rings. The van der Waals surface area contributed by atoms with Crippen LogP contribution in [0, 0.1) is 0 Å². The zero-order valence-corrected chi connectivity index (χ0v) is 21.3. The van der Waals surface area contributed by atoms with Crippen molar-refractivity contribution in [1.29, 1.82) is 0 Å². The number of carbonyl (C=O) groups excluding carboxylic acids is 2. The number of hydrogen-bond donors (Lipinski definition) is 3. The number of aliphatic hydroxyl groups excluding tert-OH is 1. The molecule has 0 spiro atoms. The Bertz CT molecular complexity index is 1250. The van der Waals surface area contributed by atoms with Crippen LogP contribution in [0.2, 0.25) is 5.02 Å². The minimum Gasteiger partial charge on any atom is -0.395 e. The fourth-order valence-corrected chi connectivity index (χ4v) is 7.08. The molecule has 2 aromatic rings. The number of aromatic nitrogens is 2. The van der Waals surface area contributed by atoms with E-state index in [4.69, 9.17) is 17.3 Å². The van der Waals surface area contributed by atoms with Gasteiger partial charge in [0.2, 0.25) is 0 Å². The second-order valence-electron chi connectivity index (χ2n) is 9.58. The number of benzene rings is 1.